The molecule has 4 aromatic rings. The van der Waals surface area contributed by atoms with Crippen molar-refractivity contribution in [2.45, 2.75) is 12.5 Å². The van der Waals surface area contributed by atoms with Crippen LogP contribution in [-0.2, 0) is 16.0 Å². The maximum Gasteiger partial charge on any atom is 0.338 e. The first-order valence-corrected chi connectivity index (χ1v) is 10.2. The Morgan fingerprint density at radius 1 is 0.906 bits per heavy atom. The van der Waals surface area contributed by atoms with Crippen molar-refractivity contribution in [3.05, 3.63) is 114 Å². The number of ether oxygens (including phenoxy) is 1. The fourth-order valence-electron chi connectivity index (χ4n) is 3.37. The van der Waals surface area contributed by atoms with E-state index in [2.05, 4.69) is 10.3 Å². The molecular weight excluding hydrogens is 404 g/mol. The van der Waals surface area contributed by atoms with Crippen LogP contribution in [0.4, 0.5) is 0 Å². The average molecular weight is 426 g/mol. The van der Waals surface area contributed by atoms with Gasteiger partial charge in [0.25, 0.3) is 5.91 Å². The lowest BCUT2D eigenvalue weighted by Gasteiger charge is -2.19. The quantitative estimate of drug-likeness (QED) is 0.417. The summed E-state index contributed by atoms with van der Waals surface area (Å²) in [6.07, 6.45) is 3.57. The highest BCUT2D eigenvalue weighted by molar-refractivity contribution is 5.91. The number of carbonyl (C=O) groups is 2. The molecule has 1 atom stereocenters. The zero-order valence-electron chi connectivity index (χ0n) is 17.3. The van der Waals surface area contributed by atoms with Crippen LogP contribution < -0.4 is 5.32 Å². The van der Waals surface area contributed by atoms with Crippen LogP contribution in [0.25, 0.3) is 11.3 Å². The van der Waals surface area contributed by atoms with E-state index in [9.17, 15) is 9.59 Å². The van der Waals surface area contributed by atoms with Crippen molar-refractivity contribution in [3.63, 3.8) is 0 Å². The van der Waals surface area contributed by atoms with E-state index in [0.29, 0.717) is 17.7 Å². The number of hydrogen-bond donors (Lipinski definition) is 1. The average Bonchev–Trinajstić information content (AvgIpc) is 3.39. The summed E-state index contributed by atoms with van der Waals surface area (Å²) in [5, 5.41) is 2.98. The number of hydrogen-bond acceptors (Lipinski definition) is 5. The minimum Gasteiger partial charge on any atom is -0.452 e. The third-order valence-corrected chi connectivity index (χ3v) is 4.99. The van der Waals surface area contributed by atoms with Gasteiger partial charge >= 0.3 is 5.97 Å². The highest BCUT2D eigenvalue weighted by Gasteiger charge is 2.17. The predicted molar refractivity (Wildman–Crippen MR) is 120 cm³/mol. The number of esters is 1. The molecule has 1 unspecified atom stereocenters. The van der Waals surface area contributed by atoms with E-state index in [1.165, 1.54) is 6.39 Å². The van der Waals surface area contributed by atoms with Gasteiger partial charge in [0.1, 0.15) is 0 Å². The summed E-state index contributed by atoms with van der Waals surface area (Å²) in [5.74, 6) is -0.320. The summed E-state index contributed by atoms with van der Waals surface area (Å²) < 4.78 is 10.5. The number of oxazole rings is 1. The summed E-state index contributed by atoms with van der Waals surface area (Å²) in [6, 6.07) is 26.2. The molecule has 0 radical (unpaired) electrons. The fraction of sp³-hybridized carbons (Fsp3) is 0.115. The Kier molecular flexibility index (Phi) is 6.72. The molecule has 0 fully saturated rings. The lowest BCUT2D eigenvalue weighted by atomic mass is 9.99. The molecule has 1 N–H and O–H groups in total. The van der Waals surface area contributed by atoms with Gasteiger partial charge in [0.05, 0.1) is 17.8 Å². The predicted octanol–water partition coefficient (Wildman–Crippen LogP) is 4.60. The third kappa shape index (κ3) is 5.49. The van der Waals surface area contributed by atoms with Crippen molar-refractivity contribution >= 4 is 11.9 Å². The van der Waals surface area contributed by atoms with Crippen molar-refractivity contribution < 1.29 is 18.7 Å². The van der Waals surface area contributed by atoms with Gasteiger partial charge in [-0.25, -0.2) is 9.78 Å². The van der Waals surface area contributed by atoms with Crippen LogP contribution in [0.1, 0.15) is 27.5 Å². The van der Waals surface area contributed by atoms with E-state index in [1.54, 1.807) is 30.5 Å². The van der Waals surface area contributed by atoms with E-state index in [-0.39, 0.29) is 18.6 Å². The van der Waals surface area contributed by atoms with Crippen molar-refractivity contribution in [1.29, 1.82) is 0 Å². The zero-order chi connectivity index (χ0) is 22.2. The molecule has 0 bridgehead atoms. The Morgan fingerprint density at radius 2 is 1.59 bits per heavy atom. The summed E-state index contributed by atoms with van der Waals surface area (Å²) in [4.78, 5) is 28.8. The molecule has 0 aliphatic carbocycles. The summed E-state index contributed by atoms with van der Waals surface area (Å²) >= 11 is 0. The first kappa shape index (κ1) is 21.1. The number of nitrogens with one attached hydrogen (secondary N) is 1. The lowest BCUT2D eigenvalue weighted by Crippen LogP contribution is -2.33. The first-order chi connectivity index (χ1) is 15.7. The van der Waals surface area contributed by atoms with Crippen LogP contribution in [-0.4, -0.2) is 23.5 Å². The molecule has 0 spiro atoms. The van der Waals surface area contributed by atoms with Gasteiger partial charge in [0.15, 0.2) is 18.8 Å². The number of amides is 1. The van der Waals surface area contributed by atoms with Crippen LogP contribution >= 0.6 is 0 Å². The molecule has 6 heteroatoms. The van der Waals surface area contributed by atoms with E-state index < -0.39 is 5.97 Å². The molecule has 32 heavy (non-hydrogen) atoms. The second kappa shape index (κ2) is 10.2. The van der Waals surface area contributed by atoms with Gasteiger partial charge in [-0.15, -0.1) is 0 Å². The van der Waals surface area contributed by atoms with E-state index >= 15 is 0 Å². The van der Waals surface area contributed by atoms with E-state index in [0.717, 1.165) is 16.7 Å². The Balaban J connectivity index is 1.36. The van der Waals surface area contributed by atoms with Crippen molar-refractivity contribution in [2.75, 3.05) is 6.61 Å². The minimum atomic E-state index is -0.566. The number of nitrogens with zero attached hydrogens (tertiary/aromatic N) is 1. The Hall–Kier alpha value is -4.19. The second-order valence-electron chi connectivity index (χ2n) is 7.24. The molecule has 1 amide bonds. The van der Waals surface area contributed by atoms with Gasteiger partial charge in [0.2, 0.25) is 0 Å². The summed E-state index contributed by atoms with van der Waals surface area (Å²) in [5.41, 5.74) is 3.23. The smallest absolute Gasteiger partial charge is 0.338 e. The highest BCUT2D eigenvalue weighted by atomic mass is 16.5. The monoisotopic (exact) mass is 426 g/mol. The Bertz CT molecular complexity index is 1140. The molecule has 1 heterocycles. The standard InChI is InChI=1S/C26H22N2O4/c29-25(17-31-26(30)22-13-11-21(12-14-22)24-16-27-18-32-24)28-23(20-9-5-2-6-10-20)15-19-7-3-1-4-8-19/h1-14,16,18,23H,15,17H2,(H,28,29). The van der Waals surface area contributed by atoms with Gasteiger partial charge in [-0.2, -0.15) is 0 Å². The van der Waals surface area contributed by atoms with Crippen LogP contribution in [0.3, 0.4) is 0 Å². The Morgan fingerprint density at radius 3 is 2.25 bits per heavy atom. The van der Waals surface area contributed by atoms with Gasteiger partial charge < -0.3 is 14.5 Å². The van der Waals surface area contributed by atoms with E-state index in [4.69, 9.17) is 9.15 Å². The zero-order valence-corrected chi connectivity index (χ0v) is 17.3. The number of benzene rings is 3. The van der Waals surface area contributed by atoms with Gasteiger partial charge in [-0.05, 0) is 29.7 Å². The molecule has 0 aliphatic rings. The molecule has 0 aliphatic heterocycles. The largest absolute Gasteiger partial charge is 0.452 e. The normalized spacial score (nSPS) is 11.5. The minimum absolute atomic E-state index is 0.231. The fourth-order valence-corrected chi connectivity index (χ4v) is 3.37. The van der Waals surface area contributed by atoms with Gasteiger partial charge in [-0.3, -0.25) is 4.79 Å². The van der Waals surface area contributed by atoms with Crippen LogP contribution in [0.5, 0.6) is 0 Å². The molecule has 6 nitrogen and oxygen atoms in total. The van der Waals surface area contributed by atoms with Gasteiger partial charge in [-0.1, -0.05) is 72.8 Å². The first-order valence-electron chi connectivity index (χ1n) is 10.2. The third-order valence-electron chi connectivity index (χ3n) is 4.99. The number of carbonyl (C=O) groups excluding carboxylic acids is 2. The van der Waals surface area contributed by atoms with Crippen molar-refractivity contribution in [3.8, 4) is 11.3 Å². The molecule has 0 saturated carbocycles. The maximum absolute atomic E-state index is 12.6. The number of rotatable bonds is 8. The number of aromatic nitrogens is 1. The van der Waals surface area contributed by atoms with Crippen molar-refractivity contribution in [2.24, 2.45) is 0 Å². The molecular formula is C26H22N2O4. The topological polar surface area (TPSA) is 81.4 Å². The molecule has 3 aromatic carbocycles. The van der Waals surface area contributed by atoms with Crippen LogP contribution in [0.2, 0.25) is 0 Å². The summed E-state index contributed by atoms with van der Waals surface area (Å²) in [7, 11) is 0. The molecule has 4 rings (SSSR count). The SMILES string of the molecule is O=C(COC(=O)c1ccc(-c2cnco2)cc1)NC(Cc1ccccc1)c1ccccc1. The lowest BCUT2D eigenvalue weighted by molar-refractivity contribution is -0.125. The van der Waals surface area contributed by atoms with Crippen molar-refractivity contribution in [1.82, 2.24) is 10.3 Å². The van der Waals surface area contributed by atoms with Gasteiger partial charge in [0, 0.05) is 5.56 Å². The molecule has 160 valence electrons. The second-order valence-corrected chi connectivity index (χ2v) is 7.24. The highest BCUT2D eigenvalue weighted by Crippen LogP contribution is 2.20. The summed E-state index contributed by atoms with van der Waals surface area (Å²) in [6.45, 7) is -0.360. The Labute approximate surface area is 185 Å². The molecule has 1 aromatic heterocycles. The van der Waals surface area contributed by atoms with Crippen LogP contribution in [0.15, 0.2) is 102 Å². The van der Waals surface area contributed by atoms with Crippen LogP contribution in [0, 0.1) is 0 Å². The van der Waals surface area contributed by atoms with E-state index in [1.807, 2.05) is 60.7 Å². The molecule has 0 saturated heterocycles. The maximum atomic E-state index is 12.6.